The largest absolute Gasteiger partial charge is 0.392 e. The van der Waals surface area contributed by atoms with Crippen molar-refractivity contribution >= 4 is 11.3 Å². The van der Waals surface area contributed by atoms with Crippen LogP contribution in [0.25, 0.3) is 0 Å². The number of thiazole rings is 1. The van der Waals surface area contributed by atoms with Crippen LogP contribution in [-0.4, -0.2) is 22.2 Å². The minimum absolute atomic E-state index is 0.135. The summed E-state index contributed by atoms with van der Waals surface area (Å²) < 4.78 is 0. The van der Waals surface area contributed by atoms with Gasteiger partial charge in [-0.05, 0) is 33.1 Å². The molecule has 0 amide bonds. The topological polar surface area (TPSA) is 45.1 Å². The quantitative estimate of drug-likeness (QED) is 0.827. The van der Waals surface area contributed by atoms with Gasteiger partial charge in [0.15, 0.2) is 0 Å². The average molecular weight is 226 g/mol. The first kappa shape index (κ1) is 11.0. The van der Waals surface area contributed by atoms with E-state index in [0.717, 1.165) is 24.3 Å². The maximum atomic E-state index is 9.77. The molecule has 1 aromatic rings. The molecule has 0 bridgehead atoms. The summed E-state index contributed by atoms with van der Waals surface area (Å²) in [4.78, 5) is 4.33. The van der Waals surface area contributed by atoms with Gasteiger partial charge < -0.3 is 10.4 Å². The molecule has 2 rings (SSSR count). The zero-order chi connectivity index (χ0) is 10.9. The zero-order valence-corrected chi connectivity index (χ0v) is 10.0. The van der Waals surface area contributed by atoms with Gasteiger partial charge in [0.25, 0.3) is 0 Å². The molecule has 1 aliphatic rings. The Labute approximate surface area is 94.5 Å². The van der Waals surface area contributed by atoms with Gasteiger partial charge in [-0.15, -0.1) is 11.3 Å². The fourth-order valence-electron chi connectivity index (χ4n) is 2.17. The first-order valence-electron chi connectivity index (χ1n) is 5.45. The molecule has 4 heteroatoms. The number of hydrogen-bond donors (Lipinski definition) is 2. The van der Waals surface area contributed by atoms with Gasteiger partial charge in [-0.2, -0.15) is 0 Å². The summed E-state index contributed by atoms with van der Waals surface area (Å²) in [5.41, 5.74) is -0.135. The van der Waals surface area contributed by atoms with E-state index < -0.39 is 0 Å². The molecule has 0 aliphatic heterocycles. The number of nitrogens with one attached hydrogen (secondary N) is 1. The Morgan fingerprint density at radius 2 is 2.33 bits per heavy atom. The Morgan fingerprint density at radius 1 is 1.53 bits per heavy atom. The van der Waals surface area contributed by atoms with E-state index in [0.29, 0.717) is 0 Å². The highest BCUT2D eigenvalue weighted by Crippen LogP contribution is 2.27. The molecule has 3 nitrogen and oxygen atoms in total. The van der Waals surface area contributed by atoms with Crippen molar-refractivity contribution in [1.29, 1.82) is 0 Å². The zero-order valence-electron chi connectivity index (χ0n) is 9.23. The normalized spacial score (nSPS) is 27.1. The SMILES string of the molecule is CC(C)(N[C@@H]1CCC[C@H]1O)c1nccs1. The Bertz CT molecular complexity index is 310. The highest BCUT2D eigenvalue weighted by Gasteiger charge is 2.32. The van der Waals surface area contributed by atoms with Crippen LogP contribution in [0.1, 0.15) is 38.1 Å². The number of aliphatic hydroxyl groups excluding tert-OH is 1. The van der Waals surface area contributed by atoms with E-state index in [2.05, 4.69) is 24.1 Å². The van der Waals surface area contributed by atoms with Crippen LogP contribution in [0, 0.1) is 0 Å². The highest BCUT2D eigenvalue weighted by molar-refractivity contribution is 7.09. The van der Waals surface area contributed by atoms with Crippen LogP contribution < -0.4 is 5.32 Å². The fraction of sp³-hybridized carbons (Fsp3) is 0.727. The van der Waals surface area contributed by atoms with E-state index in [-0.39, 0.29) is 17.7 Å². The van der Waals surface area contributed by atoms with Gasteiger partial charge in [-0.3, -0.25) is 0 Å². The van der Waals surface area contributed by atoms with E-state index in [4.69, 9.17) is 0 Å². The molecule has 2 atom stereocenters. The van der Waals surface area contributed by atoms with Crippen molar-refractivity contribution in [3.63, 3.8) is 0 Å². The standard InChI is InChI=1S/C11H18N2OS/c1-11(2,10-12-6-7-15-10)13-8-4-3-5-9(8)14/h6-9,13-14H,3-5H2,1-2H3/t8-,9-/m1/s1. The Balaban J connectivity index is 2.04. The van der Waals surface area contributed by atoms with E-state index in [9.17, 15) is 5.11 Å². The minimum Gasteiger partial charge on any atom is -0.392 e. The third-order valence-corrected chi connectivity index (χ3v) is 4.09. The van der Waals surface area contributed by atoms with Crippen LogP contribution in [0.15, 0.2) is 11.6 Å². The molecule has 0 saturated heterocycles. The van der Waals surface area contributed by atoms with Gasteiger partial charge >= 0.3 is 0 Å². The van der Waals surface area contributed by atoms with E-state index in [1.165, 1.54) is 0 Å². The molecule has 1 aliphatic carbocycles. The average Bonchev–Trinajstić information content (AvgIpc) is 2.77. The lowest BCUT2D eigenvalue weighted by molar-refractivity contribution is 0.132. The summed E-state index contributed by atoms with van der Waals surface area (Å²) in [6.45, 7) is 4.24. The minimum atomic E-state index is -0.191. The van der Waals surface area contributed by atoms with Gasteiger partial charge in [-0.25, -0.2) is 4.98 Å². The van der Waals surface area contributed by atoms with Crippen LogP contribution in [0.4, 0.5) is 0 Å². The van der Waals surface area contributed by atoms with Gasteiger partial charge in [0.05, 0.1) is 11.6 Å². The molecule has 15 heavy (non-hydrogen) atoms. The summed E-state index contributed by atoms with van der Waals surface area (Å²) in [6, 6.07) is 0.226. The lowest BCUT2D eigenvalue weighted by Gasteiger charge is -2.29. The number of aromatic nitrogens is 1. The van der Waals surface area contributed by atoms with Crippen LogP contribution >= 0.6 is 11.3 Å². The molecule has 84 valence electrons. The second kappa shape index (κ2) is 4.20. The van der Waals surface area contributed by atoms with Crippen molar-refractivity contribution in [2.24, 2.45) is 0 Å². The molecule has 1 fully saturated rings. The fourth-order valence-corrected chi connectivity index (χ4v) is 2.89. The molecule has 2 N–H and O–H groups in total. The molecule has 0 spiro atoms. The Morgan fingerprint density at radius 3 is 2.87 bits per heavy atom. The smallest absolute Gasteiger partial charge is 0.112 e. The molecule has 1 aromatic heterocycles. The van der Waals surface area contributed by atoms with E-state index in [1.54, 1.807) is 11.3 Å². The monoisotopic (exact) mass is 226 g/mol. The second-order valence-corrected chi connectivity index (χ2v) is 5.61. The van der Waals surface area contributed by atoms with E-state index in [1.807, 2.05) is 11.6 Å². The molecule has 0 radical (unpaired) electrons. The maximum Gasteiger partial charge on any atom is 0.112 e. The third kappa shape index (κ3) is 2.38. The van der Waals surface area contributed by atoms with Crippen molar-refractivity contribution in [3.05, 3.63) is 16.6 Å². The molecular weight excluding hydrogens is 208 g/mol. The molecular formula is C11H18N2OS. The summed E-state index contributed by atoms with van der Waals surface area (Å²) in [5, 5.41) is 16.4. The third-order valence-electron chi connectivity index (χ3n) is 2.99. The van der Waals surface area contributed by atoms with Crippen LogP contribution in [0.5, 0.6) is 0 Å². The van der Waals surface area contributed by atoms with Crippen molar-refractivity contribution < 1.29 is 5.11 Å². The number of rotatable bonds is 3. The van der Waals surface area contributed by atoms with Crippen molar-refractivity contribution in [2.45, 2.75) is 50.8 Å². The van der Waals surface area contributed by atoms with Crippen LogP contribution in [0.3, 0.4) is 0 Å². The molecule has 0 aromatic carbocycles. The summed E-state index contributed by atoms with van der Waals surface area (Å²) in [7, 11) is 0. The van der Waals surface area contributed by atoms with E-state index >= 15 is 0 Å². The molecule has 0 unspecified atom stereocenters. The van der Waals surface area contributed by atoms with Gasteiger partial charge in [0.1, 0.15) is 5.01 Å². The summed E-state index contributed by atoms with van der Waals surface area (Å²) >= 11 is 1.66. The number of nitrogens with zero attached hydrogens (tertiary/aromatic N) is 1. The second-order valence-electron chi connectivity index (χ2n) is 4.71. The van der Waals surface area contributed by atoms with Gasteiger partial charge in [0.2, 0.25) is 0 Å². The molecule has 1 saturated carbocycles. The van der Waals surface area contributed by atoms with Crippen molar-refractivity contribution in [2.75, 3.05) is 0 Å². The summed E-state index contributed by atoms with van der Waals surface area (Å²) in [6.07, 6.45) is 4.74. The predicted molar refractivity (Wildman–Crippen MR) is 61.9 cm³/mol. The van der Waals surface area contributed by atoms with Crippen LogP contribution in [0.2, 0.25) is 0 Å². The van der Waals surface area contributed by atoms with Gasteiger partial charge in [0, 0.05) is 17.6 Å². The summed E-state index contributed by atoms with van der Waals surface area (Å²) in [5.74, 6) is 0. The first-order chi connectivity index (χ1) is 7.09. The van der Waals surface area contributed by atoms with Crippen molar-refractivity contribution in [3.8, 4) is 0 Å². The van der Waals surface area contributed by atoms with Crippen LogP contribution in [-0.2, 0) is 5.54 Å². The van der Waals surface area contributed by atoms with Crippen molar-refractivity contribution in [1.82, 2.24) is 10.3 Å². The maximum absolute atomic E-state index is 9.77. The first-order valence-corrected chi connectivity index (χ1v) is 6.33. The predicted octanol–water partition coefficient (Wildman–Crippen LogP) is 1.88. The Kier molecular flexibility index (Phi) is 3.09. The van der Waals surface area contributed by atoms with Gasteiger partial charge in [-0.1, -0.05) is 0 Å². The number of hydrogen-bond acceptors (Lipinski definition) is 4. The Hall–Kier alpha value is -0.450. The molecule has 1 heterocycles. The number of aliphatic hydroxyl groups is 1. The lowest BCUT2D eigenvalue weighted by Crippen LogP contribution is -2.47. The highest BCUT2D eigenvalue weighted by atomic mass is 32.1. The lowest BCUT2D eigenvalue weighted by atomic mass is 10.0.